The zero-order valence-electron chi connectivity index (χ0n) is 12.3. The largest absolute Gasteiger partial charge is 0.515 e. The number of nitrogens with one attached hydrogen (secondary N) is 1. The summed E-state index contributed by atoms with van der Waals surface area (Å²) in [7, 11) is -2.61. The quantitative estimate of drug-likeness (QED) is 0.420. The van der Waals surface area contributed by atoms with E-state index in [1.54, 1.807) is 0 Å². The molecule has 0 aliphatic rings. The summed E-state index contributed by atoms with van der Waals surface area (Å²) in [5.74, 6) is 0. The third-order valence-corrected chi connectivity index (χ3v) is 4.79. The maximum atomic E-state index is 5.91. The first-order chi connectivity index (χ1) is 8.60. The van der Waals surface area contributed by atoms with Gasteiger partial charge in [-0.2, -0.15) is 0 Å². The number of rotatable bonds is 12. The third-order valence-electron chi connectivity index (χ3n) is 2.22. The first kappa shape index (κ1) is 18.0. The molecule has 1 atom stereocenters. The lowest BCUT2D eigenvalue weighted by atomic mass is 10.5. The predicted molar refractivity (Wildman–Crippen MR) is 76.1 cm³/mol. The summed E-state index contributed by atoms with van der Waals surface area (Å²) in [5, 5.41) is 3.18. The monoisotopic (exact) mass is 278 g/mol. The predicted octanol–water partition coefficient (Wildman–Crippen LogP) is 1.64. The second-order valence-corrected chi connectivity index (χ2v) is 6.98. The van der Waals surface area contributed by atoms with Gasteiger partial charge in [-0.15, -0.1) is 0 Å². The molecule has 0 saturated heterocycles. The molecule has 18 heavy (non-hydrogen) atoms. The molecule has 1 unspecified atom stereocenters. The highest BCUT2D eigenvalue weighted by atomic mass is 28.4. The first-order valence-electron chi connectivity index (χ1n) is 7.01. The van der Waals surface area contributed by atoms with Crippen molar-refractivity contribution in [1.29, 1.82) is 0 Å². The highest BCUT2D eigenvalue weighted by Crippen LogP contribution is 2.11. The van der Waals surface area contributed by atoms with Gasteiger partial charge in [0.1, 0.15) is 0 Å². The van der Waals surface area contributed by atoms with Gasteiger partial charge in [0.15, 0.2) is 0 Å². The van der Waals surface area contributed by atoms with Gasteiger partial charge in [-0.1, -0.05) is 20.8 Å². The second kappa shape index (κ2) is 10.9. The normalized spacial score (nSPS) is 13.8. The van der Waals surface area contributed by atoms with Crippen LogP contribution < -0.4 is 11.1 Å². The molecule has 0 rings (SSSR count). The Hall–Kier alpha value is 0.0169. The minimum atomic E-state index is -2.61. The van der Waals surface area contributed by atoms with Crippen molar-refractivity contribution in [2.24, 2.45) is 5.73 Å². The summed E-state index contributed by atoms with van der Waals surface area (Å²) in [5.41, 5.74) is 5.73. The van der Waals surface area contributed by atoms with Gasteiger partial charge in [0, 0.05) is 19.8 Å². The van der Waals surface area contributed by atoms with E-state index in [2.05, 4.69) is 26.1 Å². The van der Waals surface area contributed by atoms with Gasteiger partial charge in [0.25, 0.3) is 0 Å². The molecule has 0 saturated carbocycles. The van der Waals surface area contributed by atoms with Gasteiger partial charge >= 0.3 is 8.80 Å². The van der Waals surface area contributed by atoms with Gasteiger partial charge in [0.05, 0.1) is 12.3 Å². The fourth-order valence-corrected chi connectivity index (χ4v) is 4.01. The van der Waals surface area contributed by atoms with Crippen molar-refractivity contribution in [1.82, 2.24) is 5.32 Å². The van der Waals surface area contributed by atoms with E-state index in [9.17, 15) is 0 Å². The smallest absolute Gasteiger partial charge is 0.373 e. The molecule has 0 aliphatic heterocycles. The minimum absolute atomic E-state index is 0.0856. The van der Waals surface area contributed by atoms with Crippen LogP contribution in [0.15, 0.2) is 0 Å². The Kier molecular flexibility index (Phi) is 10.9. The first-order valence-corrected chi connectivity index (χ1v) is 8.94. The molecule has 3 N–H and O–H groups in total. The molecule has 6 heteroatoms. The standard InChI is InChI=1S/C12H30N2O3Si/c1-5-8-15-18(16-9-6-2,17-10-7-3)11-14-12(4)13/h12,14H,5-11,13H2,1-4H3. The highest BCUT2D eigenvalue weighted by molar-refractivity contribution is 6.60. The Morgan fingerprint density at radius 2 is 1.33 bits per heavy atom. The number of hydrogen-bond acceptors (Lipinski definition) is 5. The van der Waals surface area contributed by atoms with E-state index in [0.717, 1.165) is 19.3 Å². The molecule has 0 aliphatic carbocycles. The molecular weight excluding hydrogens is 248 g/mol. The molecule has 0 aromatic heterocycles. The van der Waals surface area contributed by atoms with Crippen molar-refractivity contribution in [2.45, 2.75) is 53.1 Å². The van der Waals surface area contributed by atoms with Crippen LogP contribution in [0.3, 0.4) is 0 Å². The maximum absolute atomic E-state index is 5.91. The van der Waals surface area contributed by atoms with E-state index in [0.29, 0.717) is 26.0 Å². The van der Waals surface area contributed by atoms with Crippen LogP contribution in [0.25, 0.3) is 0 Å². The maximum Gasteiger partial charge on any atom is 0.515 e. The van der Waals surface area contributed by atoms with Gasteiger partial charge in [0.2, 0.25) is 0 Å². The molecule has 0 radical (unpaired) electrons. The van der Waals surface area contributed by atoms with Crippen molar-refractivity contribution in [3.63, 3.8) is 0 Å². The lowest BCUT2D eigenvalue weighted by molar-refractivity contribution is 0.0575. The summed E-state index contributed by atoms with van der Waals surface area (Å²) in [6.45, 7) is 10.1. The van der Waals surface area contributed by atoms with Crippen LogP contribution in [0, 0.1) is 0 Å². The average molecular weight is 278 g/mol. The van der Waals surface area contributed by atoms with Crippen LogP contribution in [0.1, 0.15) is 47.0 Å². The van der Waals surface area contributed by atoms with Crippen molar-refractivity contribution in [3.8, 4) is 0 Å². The molecule has 0 aromatic rings. The fraction of sp³-hybridized carbons (Fsp3) is 1.00. The van der Waals surface area contributed by atoms with Crippen LogP contribution in [-0.4, -0.2) is 41.0 Å². The minimum Gasteiger partial charge on any atom is -0.373 e. The molecule has 0 amide bonds. The van der Waals surface area contributed by atoms with E-state index < -0.39 is 8.80 Å². The Bertz CT molecular complexity index is 172. The van der Waals surface area contributed by atoms with Gasteiger partial charge in [-0.25, -0.2) is 0 Å². The molecule has 5 nitrogen and oxygen atoms in total. The van der Waals surface area contributed by atoms with Crippen LogP contribution in [0.5, 0.6) is 0 Å². The van der Waals surface area contributed by atoms with Crippen LogP contribution >= 0.6 is 0 Å². The number of nitrogens with two attached hydrogens (primary N) is 1. The van der Waals surface area contributed by atoms with Crippen molar-refractivity contribution in [3.05, 3.63) is 0 Å². The summed E-state index contributed by atoms with van der Waals surface area (Å²) in [6.07, 6.45) is 3.36. The zero-order valence-corrected chi connectivity index (χ0v) is 13.3. The summed E-state index contributed by atoms with van der Waals surface area (Å²) < 4.78 is 17.7. The van der Waals surface area contributed by atoms with E-state index in [-0.39, 0.29) is 6.17 Å². The van der Waals surface area contributed by atoms with Crippen LogP contribution in [-0.2, 0) is 13.3 Å². The Morgan fingerprint density at radius 1 is 0.944 bits per heavy atom. The molecule has 0 spiro atoms. The summed E-state index contributed by atoms with van der Waals surface area (Å²) in [4.78, 5) is 0. The summed E-state index contributed by atoms with van der Waals surface area (Å²) >= 11 is 0. The van der Waals surface area contributed by atoms with Gasteiger partial charge < -0.3 is 19.0 Å². The molecular formula is C12H30N2O3Si. The van der Waals surface area contributed by atoms with Crippen LogP contribution in [0.4, 0.5) is 0 Å². The Balaban J connectivity index is 4.51. The molecule has 110 valence electrons. The number of hydrogen-bond donors (Lipinski definition) is 2. The van der Waals surface area contributed by atoms with Crippen molar-refractivity contribution in [2.75, 3.05) is 26.0 Å². The van der Waals surface area contributed by atoms with Crippen molar-refractivity contribution >= 4 is 8.80 Å². The topological polar surface area (TPSA) is 65.7 Å². The highest BCUT2D eigenvalue weighted by Gasteiger charge is 2.41. The van der Waals surface area contributed by atoms with E-state index in [4.69, 9.17) is 19.0 Å². The third kappa shape index (κ3) is 8.18. The second-order valence-electron chi connectivity index (χ2n) is 4.40. The van der Waals surface area contributed by atoms with E-state index in [1.165, 1.54) is 0 Å². The Morgan fingerprint density at radius 3 is 1.61 bits per heavy atom. The average Bonchev–Trinajstić information content (AvgIpc) is 2.37. The Labute approximate surface area is 113 Å². The fourth-order valence-electron chi connectivity index (χ4n) is 1.34. The van der Waals surface area contributed by atoms with E-state index >= 15 is 0 Å². The van der Waals surface area contributed by atoms with Crippen molar-refractivity contribution < 1.29 is 13.3 Å². The summed E-state index contributed by atoms with van der Waals surface area (Å²) in [6, 6.07) is 0. The lowest BCUT2D eigenvalue weighted by Crippen LogP contribution is -2.57. The van der Waals surface area contributed by atoms with Gasteiger partial charge in [-0.3, -0.25) is 5.32 Å². The van der Waals surface area contributed by atoms with Crippen LogP contribution in [0.2, 0.25) is 0 Å². The lowest BCUT2D eigenvalue weighted by Gasteiger charge is -2.30. The molecule has 0 fully saturated rings. The van der Waals surface area contributed by atoms with Gasteiger partial charge in [-0.05, 0) is 26.2 Å². The molecule has 0 bridgehead atoms. The zero-order chi connectivity index (χ0) is 13.9. The van der Waals surface area contributed by atoms with E-state index in [1.807, 2.05) is 6.92 Å². The molecule has 0 aromatic carbocycles. The molecule has 0 heterocycles. The SMILES string of the molecule is CCCO[Si](CNC(C)N)(OCCC)OCCC.